The maximum atomic E-state index is 5.88. The van der Waals surface area contributed by atoms with Gasteiger partial charge < -0.3 is 9.73 Å². The van der Waals surface area contributed by atoms with E-state index in [-0.39, 0.29) is 6.04 Å². The van der Waals surface area contributed by atoms with Gasteiger partial charge in [-0.25, -0.2) is 0 Å². The average Bonchev–Trinajstić information content (AvgIpc) is 2.93. The number of benzene rings is 1. The Bertz CT molecular complexity index is 738. The molecule has 1 atom stereocenters. The van der Waals surface area contributed by atoms with E-state index in [0.29, 0.717) is 5.22 Å². The standard InChI is InChI=1S/C17H17ClN2O/c1-2-19-15(16-9-10-17(18)21-16)11-13-8-7-12-5-3-4-6-14(12)20-13/h3-10,15,19H,2,11H2,1H3. The Morgan fingerprint density at radius 2 is 2.00 bits per heavy atom. The molecule has 0 saturated heterocycles. The molecule has 21 heavy (non-hydrogen) atoms. The second-order valence-electron chi connectivity index (χ2n) is 4.95. The van der Waals surface area contributed by atoms with E-state index in [1.807, 2.05) is 24.3 Å². The SMILES string of the molecule is CCNC(Cc1ccc2ccccc2n1)c1ccc(Cl)o1. The van der Waals surface area contributed by atoms with Gasteiger partial charge in [0, 0.05) is 17.5 Å². The molecule has 0 saturated carbocycles. The third-order valence-corrected chi connectivity index (χ3v) is 3.66. The van der Waals surface area contributed by atoms with E-state index in [1.165, 1.54) is 0 Å². The molecule has 4 heteroatoms. The van der Waals surface area contributed by atoms with E-state index in [4.69, 9.17) is 21.0 Å². The van der Waals surface area contributed by atoms with Crippen molar-refractivity contribution in [1.29, 1.82) is 0 Å². The molecule has 0 fully saturated rings. The van der Waals surface area contributed by atoms with Crippen molar-refractivity contribution in [3.05, 3.63) is 65.2 Å². The number of pyridine rings is 1. The minimum atomic E-state index is 0.0798. The van der Waals surface area contributed by atoms with Gasteiger partial charge in [-0.2, -0.15) is 0 Å². The van der Waals surface area contributed by atoms with Crippen molar-refractivity contribution >= 4 is 22.5 Å². The van der Waals surface area contributed by atoms with E-state index >= 15 is 0 Å². The van der Waals surface area contributed by atoms with Crippen molar-refractivity contribution in [2.24, 2.45) is 0 Å². The van der Waals surface area contributed by atoms with Crippen LogP contribution in [0.25, 0.3) is 10.9 Å². The van der Waals surface area contributed by atoms with Crippen molar-refractivity contribution in [2.75, 3.05) is 6.54 Å². The minimum Gasteiger partial charge on any atom is -0.448 e. The lowest BCUT2D eigenvalue weighted by atomic mass is 10.1. The van der Waals surface area contributed by atoms with Crippen LogP contribution in [0.4, 0.5) is 0 Å². The molecule has 0 aliphatic rings. The van der Waals surface area contributed by atoms with Gasteiger partial charge in [0.2, 0.25) is 0 Å². The molecule has 1 unspecified atom stereocenters. The first kappa shape index (κ1) is 14.1. The second-order valence-corrected chi connectivity index (χ2v) is 5.32. The van der Waals surface area contributed by atoms with Gasteiger partial charge in [-0.3, -0.25) is 4.98 Å². The predicted molar refractivity (Wildman–Crippen MR) is 85.6 cm³/mol. The molecule has 0 aliphatic carbocycles. The fourth-order valence-corrected chi connectivity index (χ4v) is 2.62. The van der Waals surface area contributed by atoms with Crippen molar-refractivity contribution in [3.63, 3.8) is 0 Å². The molecule has 2 heterocycles. The smallest absolute Gasteiger partial charge is 0.193 e. The lowest BCUT2D eigenvalue weighted by Crippen LogP contribution is -2.22. The number of aromatic nitrogens is 1. The van der Waals surface area contributed by atoms with Gasteiger partial charge in [-0.05, 0) is 42.4 Å². The molecule has 3 aromatic rings. The largest absolute Gasteiger partial charge is 0.448 e. The van der Waals surface area contributed by atoms with Crippen LogP contribution in [0.2, 0.25) is 5.22 Å². The second kappa shape index (κ2) is 6.29. The number of rotatable bonds is 5. The molecular weight excluding hydrogens is 284 g/mol. The summed E-state index contributed by atoms with van der Waals surface area (Å²) in [7, 11) is 0. The number of halogens is 1. The summed E-state index contributed by atoms with van der Waals surface area (Å²) in [5.74, 6) is 0.844. The van der Waals surface area contributed by atoms with Crippen molar-refractivity contribution in [1.82, 2.24) is 10.3 Å². The molecule has 0 bridgehead atoms. The summed E-state index contributed by atoms with van der Waals surface area (Å²) in [6.45, 7) is 2.93. The molecule has 0 aliphatic heterocycles. The van der Waals surface area contributed by atoms with Gasteiger partial charge in [-0.15, -0.1) is 0 Å². The summed E-state index contributed by atoms with van der Waals surface area (Å²) in [6, 6.07) is 16.1. The molecule has 2 aromatic heterocycles. The Balaban J connectivity index is 1.86. The fraction of sp³-hybridized carbons (Fsp3) is 0.235. The van der Waals surface area contributed by atoms with E-state index in [1.54, 1.807) is 6.07 Å². The number of para-hydroxylation sites is 1. The first-order chi connectivity index (χ1) is 10.3. The predicted octanol–water partition coefficient (Wildman–Crippen LogP) is 4.37. The highest BCUT2D eigenvalue weighted by molar-refractivity contribution is 6.28. The lowest BCUT2D eigenvalue weighted by molar-refractivity contribution is 0.415. The third-order valence-electron chi connectivity index (χ3n) is 3.46. The van der Waals surface area contributed by atoms with Crippen LogP contribution in [0.15, 0.2) is 52.9 Å². The molecule has 0 spiro atoms. The number of nitrogens with zero attached hydrogens (tertiary/aromatic N) is 1. The van der Waals surface area contributed by atoms with Crippen LogP contribution in [0.1, 0.15) is 24.4 Å². The molecule has 108 valence electrons. The quantitative estimate of drug-likeness (QED) is 0.760. The lowest BCUT2D eigenvalue weighted by Gasteiger charge is -2.15. The highest BCUT2D eigenvalue weighted by Gasteiger charge is 2.16. The Labute approximate surface area is 128 Å². The number of likely N-dealkylation sites (N-methyl/N-ethyl adjacent to an activating group) is 1. The van der Waals surface area contributed by atoms with Crippen LogP contribution in [0.3, 0.4) is 0 Å². The zero-order valence-electron chi connectivity index (χ0n) is 11.8. The van der Waals surface area contributed by atoms with Crippen molar-refractivity contribution in [2.45, 2.75) is 19.4 Å². The van der Waals surface area contributed by atoms with Gasteiger partial charge in [0.05, 0.1) is 11.6 Å². The summed E-state index contributed by atoms with van der Waals surface area (Å²) in [5, 5.41) is 4.99. The molecule has 0 radical (unpaired) electrons. The van der Waals surface area contributed by atoms with Gasteiger partial charge in [0.25, 0.3) is 0 Å². The Morgan fingerprint density at radius 3 is 2.76 bits per heavy atom. The highest BCUT2D eigenvalue weighted by Crippen LogP contribution is 2.23. The number of nitrogens with one attached hydrogen (secondary N) is 1. The van der Waals surface area contributed by atoms with Crippen LogP contribution < -0.4 is 5.32 Å². The summed E-state index contributed by atoms with van der Waals surface area (Å²) < 4.78 is 5.53. The van der Waals surface area contributed by atoms with Crippen LogP contribution in [0.5, 0.6) is 0 Å². The van der Waals surface area contributed by atoms with Crippen LogP contribution in [-0.4, -0.2) is 11.5 Å². The van der Waals surface area contributed by atoms with Crippen molar-refractivity contribution < 1.29 is 4.42 Å². The van der Waals surface area contributed by atoms with E-state index in [2.05, 4.69) is 30.4 Å². The highest BCUT2D eigenvalue weighted by atomic mass is 35.5. The molecular formula is C17H17ClN2O. The summed E-state index contributed by atoms with van der Waals surface area (Å²) in [5.41, 5.74) is 2.05. The van der Waals surface area contributed by atoms with Gasteiger partial charge in [-0.1, -0.05) is 31.2 Å². The van der Waals surface area contributed by atoms with Gasteiger partial charge >= 0.3 is 0 Å². The normalized spacial score (nSPS) is 12.7. The molecule has 1 aromatic carbocycles. The fourth-order valence-electron chi connectivity index (χ4n) is 2.47. The zero-order chi connectivity index (χ0) is 14.7. The van der Waals surface area contributed by atoms with Crippen LogP contribution >= 0.6 is 11.6 Å². The Hall–Kier alpha value is -1.84. The molecule has 0 amide bonds. The van der Waals surface area contributed by atoms with E-state index < -0.39 is 0 Å². The molecule has 3 nitrogen and oxygen atoms in total. The number of furan rings is 1. The first-order valence-electron chi connectivity index (χ1n) is 7.09. The van der Waals surface area contributed by atoms with E-state index in [0.717, 1.165) is 35.3 Å². The number of fused-ring (bicyclic) bond motifs is 1. The van der Waals surface area contributed by atoms with Crippen LogP contribution in [-0.2, 0) is 6.42 Å². The Kier molecular flexibility index (Phi) is 4.23. The molecule has 3 rings (SSSR count). The first-order valence-corrected chi connectivity index (χ1v) is 7.47. The molecule has 1 N–H and O–H groups in total. The summed E-state index contributed by atoms with van der Waals surface area (Å²) >= 11 is 5.88. The Morgan fingerprint density at radius 1 is 1.14 bits per heavy atom. The maximum absolute atomic E-state index is 5.88. The third kappa shape index (κ3) is 3.26. The summed E-state index contributed by atoms with van der Waals surface area (Å²) in [6.07, 6.45) is 0.766. The van der Waals surface area contributed by atoms with Gasteiger partial charge in [0.1, 0.15) is 5.76 Å². The number of hydrogen-bond donors (Lipinski definition) is 1. The van der Waals surface area contributed by atoms with Gasteiger partial charge in [0.15, 0.2) is 5.22 Å². The average molecular weight is 301 g/mol. The van der Waals surface area contributed by atoms with E-state index in [9.17, 15) is 0 Å². The number of hydrogen-bond acceptors (Lipinski definition) is 3. The topological polar surface area (TPSA) is 38.1 Å². The van der Waals surface area contributed by atoms with Crippen LogP contribution in [0, 0.1) is 0 Å². The zero-order valence-corrected chi connectivity index (χ0v) is 12.6. The summed E-state index contributed by atoms with van der Waals surface area (Å²) in [4.78, 5) is 4.71. The van der Waals surface area contributed by atoms with Crippen molar-refractivity contribution in [3.8, 4) is 0 Å². The maximum Gasteiger partial charge on any atom is 0.193 e. The minimum absolute atomic E-state index is 0.0798. The monoisotopic (exact) mass is 300 g/mol.